The topological polar surface area (TPSA) is 10.4 Å². The Morgan fingerprint density at radius 2 is 1.72 bits per heavy atom. The monoisotopic (exact) mass is 249 g/mol. The van der Waals surface area contributed by atoms with Gasteiger partial charge in [0.15, 0.2) is 5.69 Å². The van der Waals surface area contributed by atoms with Gasteiger partial charge in [-0.15, -0.1) is 0 Å². The van der Waals surface area contributed by atoms with Crippen molar-refractivity contribution in [3.8, 4) is 0 Å². The molecule has 0 spiro atoms. The molecule has 1 aromatic rings. The van der Waals surface area contributed by atoms with Crippen LogP contribution < -0.4 is 9.38 Å². The molecule has 0 aromatic carbocycles. The van der Waals surface area contributed by atoms with Gasteiger partial charge in [-0.05, 0) is 66.0 Å². The van der Waals surface area contributed by atoms with Crippen molar-refractivity contribution in [2.45, 2.75) is 46.3 Å². The first-order valence-electron chi connectivity index (χ1n) is 6.87. The molecule has 102 valence electrons. The summed E-state index contributed by atoms with van der Waals surface area (Å²) in [5, 5.41) is 0. The maximum atomic E-state index is 2.53. The van der Waals surface area contributed by atoms with E-state index >= 15 is 0 Å². The molecule has 18 heavy (non-hydrogen) atoms. The predicted octanol–water partition coefficient (Wildman–Crippen LogP) is 1.35. The van der Waals surface area contributed by atoms with Gasteiger partial charge in [0.2, 0.25) is 0 Å². The molecule has 0 atom stereocenters. The van der Waals surface area contributed by atoms with E-state index in [2.05, 4.69) is 81.2 Å². The Bertz CT molecular complexity index is 381. The highest BCUT2D eigenvalue weighted by Gasteiger charge is 2.10. The Hall–Kier alpha value is -0.895. The number of aromatic nitrogens is 1. The summed E-state index contributed by atoms with van der Waals surface area (Å²) in [6, 6.07) is 3.38. The van der Waals surface area contributed by atoms with Crippen LogP contribution in [0.1, 0.15) is 33.4 Å². The summed E-state index contributed by atoms with van der Waals surface area (Å²) in [5.41, 5.74) is 1.35. The molecular formula is C14H28BN3. The highest BCUT2D eigenvalue weighted by Crippen LogP contribution is 2.04. The summed E-state index contributed by atoms with van der Waals surface area (Å²) in [5.74, 6) is 2.32. The Morgan fingerprint density at radius 3 is 2.11 bits per heavy atom. The molecule has 0 amide bonds. The Labute approximate surface area is 112 Å². The normalized spacial score (nSPS) is 11.7. The van der Waals surface area contributed by atoms with Crippen LogP contribution in [0.3, 0.4) is 0 Å². The van der Waals surface area contributed by atoms with Crippen LogP contribution in [0.25, 0.3) is 0 Å². The van der Waals surface area contributed by atoms with Crippen molar-refractivity contribution in [3.63, 3.8) is 0 Å². The zero-order chi connectivity index (χ0) is 13.9. The zero-order valence-corrected chi connectivity index (χ0v) is 13.0. The third-order valence-corrected chi connectivity index (χ3v) is 3.33. The number of aryl methyl sites for hydroxylation is 1. The van der Waals surface area contributed by atoms with E-state index in [1.165, 1.54) is 5.69 Å². The maximum absolute atomic E-state index is 2.53. The van der Waals surface area contributed by atoms with Crippen LogP contribution >= 0.6 is 0 Å². The SMILES string of the molecule is CC(C)N([b-]1ccc(CN(C)C)[n+](C)c1)C(C)C. The van der Waals surface area contributed by atoms with Gasteiger partial charge >= 0.3 is 0 Å². The number of hydrogen-bond acceptors (Lipinski definition) is 2. The minimum Gasteiger partial charge on any atom is -0.572 e. The van der Waals surface area contributed by atoms with E-state index in [0.29, 0.717) is 18.6 Å². The lowest BCUT2D eigenvalue weighted by Gasteiger charge is -2.42. The molecule has 3 nitrogen and oxygen atoms in total. The second-order valence-electron chi connectivity index (χ2n) is 5.97. The highest BCUT2D eigenvalue weighted by atomic mass is 15.1. The molecule has 0 bridgehead atoms. The van der Waals surface area contributed by atoms with E-state index < -0.39 is 0 Å². The van der Waals surface area contributed by atoms with Crippen LogP contribution in [-0.2, 0) is 13.6 Å². The molecular weight excluding hydrogens is 221 g/mol. The van der Waals surface area contributed by atoms with Crippen molar-refractivity contribution < 1.29 is 4.57 Å². The molecule has 0 saturated heterocycles. The molecule has 4 heteroatoms. The van der Waals surface area contributed by atoms with Crippen LogP contribution in [0.5, 0.6) is 0 Å². The zero-order valence-electron chi connectivity index (χ0n) is 13.0. The fraction of sp³-hybridized carbons (Fsp3) is 0.714. The van der Waals surface area contributed by atoms with Crippen molar-refractivity contribution >= 4 is 6.48 Å². The van der Waals surface area contributed by atoms with Crippen LogP contribution in [0.2, 0.25) is 0 Å². The quantitative estimate of drug-likeness (QED) is 0.729. The van der Waals surface area contributed by atoms with E-state index in [1.54, 1.807) is 0 Å². The van der Waals surface area contributed by atoms with E-state index in [-0.39, 0.29) is 0 Å². The van der Waals surface area contributed by atoms with Gasteiger partial charge in [0, 0.05) is 6.48 Å². The van der Waals surface area contributed by atoms with Crippen LogP contribution in [0, 0.1) is 0 Å². The standard InChI is InChI=1S/C14H28BN3/c1-12(2)18(13(3)4)15-9-8-14(10-16(5)6)17(7)11-15/h8-9,11-13H,10H2,1-7H3. The van der Waals surface area contributed by atoms with Gasteiger partial charge in [0.05, 0.1) is 6.54 Å². The molecule has 0 radical (unpaired) electrons. The van der Waals surface area contributed by atoms with Crippen LogP contribution in [0.4, 0.5) is 0 Å². The minimum absolute atomic E-state index is 0.404. The van der Waals surface area contributed by atoms with Crippen molar-refractivity contribution in [1.82, 2.24) is 4.90 Å². The summed E-state index contributed by atoms with van der Waals surface area (Å²) in [6.45, 7) is 10.4. The smallest absolute Gasteiger partial charge is 0.188 e. The molecule has 0 N–H and O–H groups in total. The van der Waals surface area contributed by atoms with E-state index in [0.717, 1.165) is 6.54 Å². The van der Waals surface area contributed by atoms with Gasteiger partial charge in [0.1, 0.15) is 7.05 Å². The van der Waals surface area contributed by atoms with Crippen LogP contribution in [-0.4, -0.2) is 37.6 Å². The molecule has 0 aliphatic heterocycles. The summed E-state index contributed by atoms with van der Waals surface area (Å²) >= 11 is 0. The Balaban J connectivity index is 3.02. The lowest BCUT2D eigenvalue weighted by Crippen LogP contribution is -2.50. The third-order valence-electron chi connectivity index (χ3n) is 3.33. The predicted molar refractivity (Wildman–Crippen MR) is 79.4 cm³/mol. The molecule has 0 aliphatic rings. The summed E-state index contributed by atoms with van der Waals surface area (Å²) in [7, 11) is 6.36. The fourth-order valence-electron chi connectivity index (χ4n) is 2.65. The van der Waals surface area contributed by atoms with Gasteiger partial charge in [-0.25, -0.2) is 10.5 Å². The Morgan fingerprint density at radius 1 is 1.17 bits per heavy atom. The molecule has 1 rings (SSSR count). The molecule has 0 saturated carbocycles. The first-order chi connectivity index (χ1) is 8.32. The van der Waals surface area contributed by atoms with E-state index in [1.807, 2.05) is 0 Å². The summed E-state index contributed by atoms with van der Waals surface area (Å²) in [6.07, 6.45) is 2.32. The van der Waals surface area contributed by atoms with E-state index in [4.69, 9.17) is 0 Å². The molecule has 0 unspecified atom stereocenters. The average Bonchev–Trinajstić information content (AvgIpc) is 2.20. The maximum Gasteiger partial charge on any atom is 0.188 e. The molecule has 1 heterocycles. The average molecular weight is 249 g/mol. The largest absolute Gasteiger partial charge is 0.572 e. The summed E-state index contributed by atoms with van der Waals surface area (Å²) in [4.78, 5) is 4.73. The van der Waals surface area contributed by atoms with Gasteiger partial charge in [-0.1, -0.05) is 0 Å². The number of hydrogen-bond donors (Lipinski definition) is 0. The van der Waals surface area contributed by atoms with Crippen molar-refractivity contribution in [1.29, 1.82) is 0 Å². The van der Waals surface area contributed by atoms with Crippen molar-refractivity contribution in [2.24, 2.45) is 7.05 Å². The van der Waals surface area contributed by atoms with Crippen LogP contribution in [0.15, 0.2) is 18.1 Å². The summed E-state index contributed by atoms with van der Waals surface area (Å²) < 4.78 is 2.27. The lowest BCUT2D eigenvalue weighted by molar-refractivity contribution is -0.677. The lowest BCUT2D eigenvalue weighted by atomic mass is 9.76. The van der Waals surface area contributed by atoms with Gasteiger partial charge in [-0.2, -0.15) is 0 Å². The van der Waals surface area contributed by atoms with Gasteiger partial charge in [-0.3, -0.25) is 4.90 Å². The molecule has 1 aromatic heterocycles. The third kappa shape index (κ3) is 3.80. The van der Waals surface area contributed by atoms with Gasteiger partial charge < -0.3 is 4.81 Å². The number of rotatable bonds is 5. The highest BCUT2D eigenvalue weighted by molar-refractivity contribution is 6.52. The minimum atomic E-state index is 0.404. The first kappa shape index (κ1) is 15.2. The van der Waals surface area contributed by atoms with E-state index in [9.17, 15) is 0 Å². The van der Waals surface area contributed by atoms with Crippen molar-refractivity contribution in [2.75, 3.05) is 18.9 Å². The first-order valence-corrected chi connectivity index (χ1v) is 6.87. The molecule has 0 fully saturated rings. The second-order valence-corrected chi connectivity index (χ2v) is 5.97. The fourth-order valence-corrected chi connectivity index (χ4v) is 2.65. The second kappa shape index (κ2) is 6.32. The molecule has 0 aliphatic carbocycles. The van der Waals surface area contributed by atoms with Gasteiger partial charge in [0.25, 0.3) is 0 Å². The van der Waals surface area contributed by atoms with Crippen molar-refractivity contribution in [3.05, 3.63) is 23.8 Å². The number of nitrogens with zero attached hydrogens (tertiary/aromatic N) is 3. The Kier molecular flexibility index (Phi) is 5.33.